The number of carbonyl (C=O) groups is 2. The van der Waals surface area contributed by atoms with Crippen LogP contribution in [0.5, 0.6) is 0 Å². The van der Waals surface area contributed by atoms with E-state index in [1.54, 1.807) is 13.8 Å². The first-order valence-electron chi connectivity index (χ1n) is 8.61. The third-order valence-electron chi connectivity index (χ3n) is 6.08. The fraction of sp³-hybridized carbons (Fsp3) is 0.684. The maximum atomic E-state index is 12.8. The predicted molar refractivity (Wildman–Crippen MR) is 86.8 cm³/mol. The zero-order valence-corrected chi connectivity index (χ0v) is 14.3. The second-order valence-electron chi connectivity index (χ2n) is 8.25. The van der Waals surface area contributed by atoms with E-state index in [1.807, 2.05) is 0 Å². The van der Waals surface area contributed by atoms with Crippen molar-refractivity contribution in [1.82, 2.24) is 0 Å². The quantitative estimate of drug-likeness (QED) is 0.575. The Labute approximate surface area is 137 Å². The Morgan fingerprint density at radius 1 is 1.13 bits per heavy atom. The van der Waals surface area contributed by atoms with Crippen molar-refractivity contribution in [3.63, 3.8) is 0 Å². The minimum Gasteiger partial charge on any atom is -0.507 e. The number of carbonyl (C=O) groups excluding carboxylic acids is 2. The largest absolute Gasteiger partial charge is 0.507 e. The Kier molecular flexibility index (Phi) is 3.79. The molecule has 4 heteroatoms. The molecule has 0 aromatic rings. The fourth-order valence-electron chi connectivity index (χ4n) is 4.88. The minimum atomic E-state index is -0.866. The van der Waals surface area contributed by atoms with Crippen LogP contribution < -0.4 is 0 Å². The van der Waals surface area contributed by atoms with Crippen LogP contribution in [0.1, 0.15) is 53.4 Å². The first-order chi connectivity index (χ1) is 10.7. The van der Waals surface area contributed by atoms with Crippen LogP contribution in [0, 0.1) is 23.2 Å². The summed E-state index contributed by atoms with van der Waals surface area (Å²) in [6.07, 6.45) is 2.60. The summed E-state index contributed by atoms with van der Waals surface area (Å²) >= 11 is 0. The second kappa shape index (κ2) is 5.30. The van der Waals surface area contributed by atoms with Crippen molar-refractivity contribution in [2.45, 2.75) is 59.5 Å². The first-order valence-corrected chi connectivity index (χ1v) is 8.61. The van der Waals surface area contributed by atoms with Crippen LogP contribution in [0.3, 0.4) is 0 Å². The zero-order valence-electron chi connectivity index (χ0n) is 14.3. The van der Waals surface area contributed by atoms with E-state index in [2.05, 4.69) is 13.8 Å². The van der Waals surface area contributed by atoms with Crippen LogP contribution in [0.15, 0.2) is 22.5 Å². The normalized spacial score (nSPS) is 33.9. The molecule has 0 heterocycles. The molecular weight excluding hydrogens is 292 g/mol. The lowest BCUT2D eigenvalue weighted by molar-refractivity contribution is -0.134. The van der Waals surface area contributed by atoms with Gasteiger partial charge < -0.3 is 10.2 Å². The highest BCUT2D eigenvalue weighted by atomic mass is 16.3. The fourth-order valence-corrected chi connectivity index (χ4v) is 4.88. The number of ketones is 2. The highest BCUT2D eigenvalue weighted by Crippen LogP contribution is 2.54. The summed E-state index contributed by atoms with van der Waals surface area (Å²) in [5.41, 5.74) is 0.913. The molecule has 0 saturated heterocycles. The summed E-state index contributed by atoms with van der Waals surface area (Å²) in [6.45, 7) is 7.91. The van der Waals surface area contributed by atoms with Gasteiger partial charge in [0.1, 0.15) is 5.76 Å². The van der Waals surface area contributed by atoms with Crippen molar-refractivity contribution in [1.29, 1.82) is 0 Å². The van der Waals surface area contributed by atoms with Crippen LogP contribution in [0.25, 0.3) is 0 Å². The smallest absolute Gasteiger partial charge is 0.233 e. The number of fused-ring (bicyclic) bond motifs is 2. The Morgan fingerprint density at radius 3 is 2.39 bits per heavy atom. The van der Waals surface area contributed by atoms with E-state index in [0.717, 1.165) is 19.3 Å². The second-order valence-corrected chi connectivity index (χ2v) is 8.25. The van der Waals surface area contributed by atoms with Gasteiger partial charge in [0.25, 0.3) is 0 Å². The molecule has 1 saturated carbocycles. The molecule has 3 aliphatic carbocycles. The van der Waals surface area contributed by atoms with Crippen molar-refractivity contribution in [2.75, 3.05) is 0 Å². The highest BCUT2D eigenvalue weighted by Gasteiger charge is 2.51. The van der Waals surface area contributed by atoms with Crippen LogP contribution in [-0.4, -0.2) is 27.9 Å². The molecule has 3 unspecified atom stereocenters. The molecule has 126 valence electrons. The number of rotatable bonds is 1. The summed E-state index contributed by atoms with van der Waals surface area (Å²) in [7, 11) is 0. The predicted octanol–water partition coefficient (Wildman–Crippen LogP) is 3.11. The van der Waals surface area contributed by atoms with Gasteiger partial charge in [-0.25, -0.2) is 0 Å². The Hall–Kier alpha value is -1.42. The number of hydrogen-bond donors (Lipinski definition) is 2. The Morgan fingerprint density at radius 2 is 1.78 bits per heavy atom. The van der Waals surface area contributed by atoms with Crippen molar-refractivity contribution >= 4 is 11.6 Å². The number of aliphatic hydroxyl groups is 2. The molecule has 1 fully saturated rings. The van der Waals surface area contributed by atoms with Gasteiger partial charge >= 0.3 is 0 Å². The number of Topliss-reactive ketones (excluding diaryl/α,β-unsaturated/α-hetero) is 2. The molecule has 3 atom stereocenters. The summed E-state index contributed by atoms with van der Waals surface area (Å²) in [5, 5.41) is 21.2. The van der Waals surface area contributed by atoms with E-state index in [4.69, 9.17) is 0 Å². The SMILES string of the molecule is CC(C)C1=C(O)C2=C(C(=O)C1=O)C1CCCC(C)(C)C1CC2O. The van der Waals surface area contributed by atoms with Crippen LogP contribution >= 0.6 is 0 Å². The van der Waals surface area contributed by atoms with Gasteiger partial charge in [0.2, 0.25) is 11.6 Å². The maximum Gasteiger partial charge on any atom is 0.233 e. The lowest BCUT2D eigenvalue weighted by Gasteiger charge is -2.49. The summed E-state index contributed by atoms with van der Waals surface area (Å²) in [4.78, 5) is 25.3. The van der Waals surface area contributed by atoms with Crippen molar-refractivity contribution in [3.8, 4) is 0 Å². The molecule has 0 aromatic heterocycles. The Bertz CT molecular complexity index is 636. The van der Waals surface area contributed by atoms with Gasteiger partial charge in [-0.05, 0) is 42.4 Å². The summed E-state index contributed by atoms with van der Waals surface area (Å²) < 4.78 is 0. The molecule has 0 aliphatic heterocycles. The topological polar surface area (TPSA) is 74.6 Å². The van der Waals surface area contributed by atoms with Gasteiger partial charge in [-0.3, -0.25) is 9.59 Å². The van der Waals surface area contributed by atoms with Crippen molar-refractivity contribution in [2.24, 2.45) is 23.2 Å². The molecule has 23 heavy (non-hydrogen) atoms. The summed E-state index contributed by atoms with van der Waals surface area (Å²) in [6, 6.07) is 0. The van der Waals surface area contributed by atoms with Crippen LogP contribution in [-0.2, 0) is 9.59 Å². The molecular formula is C19H26O4. The number of hydrogen-bond acceptors (Lipinski definition) is 4. The van der Waals surface area contributed by atoms with E-state index in [9.17, 15) is 19.8 Å². The average Bonchev–Trinajstić information content (AvgIpc) is 2.44. The van der Waals surface area contributed by atoms with E-state index in [1.165, 1.54) is 0 Å². The van der Waals surface area contributed by atoms with E-state index in [0.29, 0.717) is 17.6 Å². The zero-order chi connectivity index (χ0) is 17.1. The van der Waals surface area contributed by atoms with Gasteiger partial charge in [-0.15, -0.1) is 0 Å². The van der Waals surface area contributed by atoms with Crippen LogP contribution in [0.2, 0.25) is 0 Å². The maximum absolute atomic E-state index is 12.8. The van der Waals surface area contributed by atoms with Gasteiger partial charge in [-0.1, -0.05) is 34.1 Å². The third-order valence-corrected chi connectivity index (χ3v) is 6.08. The van der Waals surface area contributed by atoms with Gasteiger partial charge in [-0.2, -0.15) is 0 Å². The van der Waals surface area contributed by atoms with Gasteiger partial charge in [0, 0.05) is 16.7 Å². The molecule has 0 amide bonds. The lowest BCUT2D eigenvalue weighted by atomic mass is 9.55. The standard InChI is InChI=1S/C19H26O4/c1-9(2)13-16(21)15-12(20)8-11-10(6-5-7-19(11,3)4)14(15)18(23)17(13)22/h9-12,20-21H,5-8H2,1-4H3. The van der Waals surface area contributed by atoms with E-state index >= 15 is 0 Å². The Balaban J connectivity index is 2.19. The van der Waals surface area contributed by atoms with E-state index in [-0.39, 0.29) is 34.5 Å². The molecule has 4 nitrogen and oxygen atoms in total. The highest BCUT2D eigenvalue weighted by molar-refractivity contribution is 6.50. The molecule has 0 aromatic carbocycles. The molecule has 0 spiro atoms. The molecule has 3 rings (SSSR count). The monoisotopic (exact) mass is 318 g/mol. The number of aliphatic hydroxyl groups excluding tert-OH is 2. The molecule has 3 aliphatic rings. The third kappa shape index (κ3) is 2.30. The minimum absolute atomic E-state index is 0.0236. The van der Waals surface area contributed by atoms with Crippen LogP contribution in [0.4, 0.5) is 0 Å². The molecule has 2 N–H and O–H groups in total. The summed E-state index contributed by atoms with van der Waals surface area (Å²) in [5.74, 6) is -1.33. The van der Waals surface area contributed by atoms with Gasteiger partial charge in [0.05, 0.1) is 6.10 Å². The van der Waals surface area contributed by atoms with Gasteiger partial charge in [0.15, 0.2) is 0 Å². The van der Waals surface area contributed by atoms with E-state index < -0.39 is 17.7 Å². The molecule has 0 radical (unpaired) electrons. The average molecular weight is 318 g/mol. The lowest BCUT2D eigenvalue weighted by Crippen LogP contribution is -2.47. The number of allylic oxidation sites excluding steroid dienone is 2. The first kappa shape index (κ1) is 16.4. The molecule has 0 bridgehead atoms. The van der Waals surface area contributed by atoms with Crippen molar-refractivity contribution < 1.29 is 19.8 Å². The van der Waals surface area contributed by atoms with Crippen molar-refractivity contribution in [3.05, 3.63) is 22.5 Å².